The smallest absolute Gasteiger partial charge is 0.186 e. The molecular formula is C15H28O5. The van der Waals surface area contributed by atoms with Gasteiger partial charge in [-0.15, -0.1) is 6.58 Å². The standard InChI is InChI=1S/C15H28O5/c1-2-3-4-5-6-7-8-9-10-19-15-14(18)13(17)12(11-16)20-15/h2,12-18H,1,3-11H2/t12-,13+,14?,15-/m1/s1. The van der Waals surface area contributed by atoms with Gasteiger partial charge in [-0.1, -0.05) is 31.8 Å². The van der Waals surface area contributed by atoms with E-state index in [1.54, 1.807) is 0 Å². The lowest BCUT2D eigenvalue weighted by molar-refractivity contribution is -0.169. The van der Waals surface area contributed by atoms with Gasteiger partial charge in [-0.05, 0) is 19.3 Å². The highest BCUT2D eigenvalue weighted by atomic mass is 16.7. The second-order valence-corrected chi connectivity index (χ2v) is 5.28. The molecule has 0 spiro atoms. The Hall–Kier alpha value is -0.460. The first-order valence-electron chi connectivity index (χ1n) is 7.55. The Morgan fingerprint density at radius 2 is 1.65 bits per heavy atom. The van der Waals surface area contributed by atoms with Crippen LogP contribution in [-0.2, 0) is 9.47 Å². The molecule has 1 rings (SSSR count). The third-order valence-corrected chi connectivity index (χ3v) is 3.58. The molecule has 0 aromatic rings. The molecule has 0 aromatic heterocycles. The molecule has 118 valence electrons. The molecular weight excluding hydrogens is 260 g/mol. The molecule has 0 aliphatic carbocycles. The van der Waals surface area contributed by atoms with Crippen LogP contribution in [0.15, 0.2) is 12.7 Å². The van der Waals surface area contributed by atoms with E-state index in [1.807, 2.05) is 6.08 Å². The normalized spacial score (nSPS) is 29.8. The molecule has 0 aromatic carbocycles. The zero-order valence-electron chi connectivity index (χ0n) is 12.1. The zero-order chi connectivity index (χ0) is 14.8. The van der Waals surface area contributed by atoms with Gasteiger partial charge < -0.3 is 24.8 Å². The Kier molecular flexibility index (Phi) is 9.05. The van der Waals surface area contributed by atoms with Gasteiger partial charge in [0.05, 0.1) is 6.61 Å². The van der Waals surface area contributed by atoms with Gasteiger partial charge in [0, 0.05) is 6.61 Å². The predicted octanol–water partition coefficient (Wildman–Crippen LogP) is 1.36. The van der Waals surface area contributed by atoms with Crippen LogP contribution in [0.2, 0.25) is 0 Å². The van der Waals surface area contributed by atoms with E-state index in [1.165, 1.54) is 25.7 Å². The van der Waals surface area contributed by atoms with Gasteiger partial charge in [0.2, 0.25) is 0 Å². The molecule has 1 fully saturated rings. The highest BCUT2D eigenvalue weighted by Gasteiger charge is 2.42. The average Bonchev–Trinajstić information content (AvgIpc) is 2.73. The summed E-state index contributed by atoms with van der Waals surface area (Å²) in [6, 6.07) is 0. The minimum atomic E-state index is -1.08. The van der Waals surface area contributed by atoms with E-state index in [-0.39, 0.29) is 6.61 Å². The molecule has 3 N–H and O–H groups in total. The molecule has 20 heavy (non-hydrogen) atoms. The van der Waals surface area contributed by atoms with Crippen LogP contribution in [0.3, 0.4) is 0 Å². The van der Waals surface area contributed by atoms with Gasteiger partial charge in [0.15, 0.2) is 6.29 Å². The van der Waals surface area contributed by atoms with Crippen molar-refractivity contribution in [3.05, 3.63) is 12.7 Å². The van der Waals surface area contributed by atoms with Crippen molar-refractivity contribution in [2.24, 2.45) is 0 Å². The van der Waals surface area contributed by atoms with Gasteiger partial charge in [-0.2, -0.15) is 0 Å². The van der Waals surface area contributed by atoms with Crippen LogP contribution < -0.4 is 0 Å². The van der Waals surface area contributed by atoms with Crippen molar-refractivity contribution in [1.82, 2.24) is 0 Å². The topological polar surface area (TPSA) is 79.2 Å². The largest absolute Gasteiger partial charge is 0.394 e. The molecule has 1 saturated heterocycles. The maximum Gasteiger partial charge on any atom is 0.186 e. The number of hydrogen-bond acceptors (Lipinski definition) is 5. The Balaban J connectivity index is 1.98. The van der Waals surface area contributed by atoms with Gasteiger partial charge in [-0.3, -0.25) is 0 Å². The van der Waals surface area contributed by atoms with Crippen molar-refractivity contribution in [1.29, 1.82) is 0 Å². The van der Waals surface area contributed by atoms with Crippen molar-refractivity contribution < 1.29 is 24.8 Å². The Bertz CT molecular complexity index is 259. The van der Waals surface area contributed by atoms with Crippen LogP contribution in [0.25, 0.3) is 0 Å². The van der Waals surface area contributed by atoms with Crippen molar-refractivity contribution in [3.63, 3.8) is 0 Å². The monoisotopic (exact) mass is 288 g/mol. The van der Waals surface area contributed by atoms with Gasteiger partial charge in [0.25, 0.3) is 0 Å². The summed E-state index contributed by atoms with van der Waals surface area (Å²) < 4.78 is 10.6. The highest BCUT2D eigenvalue weighted by molar-refractivity contribution is 4.86. The summed E-state index contributed by atoms with van der Waals surface area (Å²) in [6.07, 6.45) is 6.16. The number of hydrogen-bond donors (Lipinski definition) is 3. The SMILES string of the molecule is C=CCCCCCCCCO[C@@H]1O[C@H](CO)[C@H](O)C1O. The van der Waals surface area contributed by atoms with Crippen molar-refractivity contribution in [2.75, 3.05) is 13.2 Å². The summed E-state index contributed by atoms with van der Waals surface area (Å²) in [5.74, 6) is 0. The van der Waals surface area contributed by atoms with Crippen LogP contribution in [0.4, 0.5) is 0 Å². The first kappa shape index (κ1) is 17.6. The minimum Gasteiger partial charge on any atom is -0.394 e. The van der Waals surface area contributed by atoms with Crippen LogP contribution in [0, 0.1) is 0 Å². The average molecular weight is 288 g/mol. The Morgan fingerprint density at radius 1 is 1.00 bits per heavy atom. The first-order valence-corrected chi connectivity index (χ1v) is 7.55. The van der Waals surface area contributed by atoms with E-state index in [0.29, 0.717) is 6.61 Å². The lowest BCUT2D eigenvalue weighted by atomic mass is 10.1. The maximum absolute atomic E-state index is 9.66. The molecule has 0 amide bonds. The van der Waals surface area contributed by atoms with E-state index in [0.717, 1.165) is 19.3 Å². The molecule has 1 aliphatic rings. The minimum absolute atomic E-state index is 0.317. The van der Waals surface area contributed by atoms with Crippen LogP contribution in [0.5, 0.6) is 0 Å². The molecule has 1 aliphatic heterocycles. The fourth-order valence-electron chi connectivity index (χ4n) is 2.30. The first-order chi connectivity index (χ1) is 9.70. The quantitative estimate of drug-likeness (QED) is 0.395. The summed E-state index contributed by atoms with van der Waals surface area (Å²) >= 11 is 0. The van der Waals surface area contributed by atoms with Crippen molar-refractivity contribution in [3.8, 4) is 0 Å². The zero-order valence-corrected chi connectivity index (χ0v) is 12.1. The Morgan fingerprint density at radius 3 is 2.25 bits per heavy atom. The van der Waals surface area contributed by atoms with E-state index in [9.17, 15) is 10.2 Å². The van der Waals surface area contributed by atoms with Gasteiger partial charge in [0.1, 0.15) is 18.3 Å². The molecule has 5 heteroatoms. The van der Waals surface area contributed by atoms with Gasteiger partial charge >= 0.3 is 0 Å². The fourth-order valence-corrected chi connectivity index (χ4v) is 2.30. The number of unbranched alkanes of at least 4 members (excludes halogenated alkanes) is 6. The summed E-state index contributed by atoms with van der Waals surface area (Å²) in [6.45, 7) is 3.88. The van der Waals surface area contributed by atoms with E-state index < -0.39 is 24.6 Å². The molecule has 0 bridgehead atoms. The van der Waals surface area contributed by atoms with Crippen LogP contribution in [0.1, 0.15) is 44.9 Å². The fraction of sp³-hybridized carbons (Fsp3) is 0.867. The summed E-state index contributed by atoms with van der Waals surface area (Å²) in [5, 5.41) is 28.2. The highest BCUT2D eigenvalue weighted by Crippen LogP contribution is 2.22. The van der Waals surface area contributed by atoms with E-state index in [2.05, 4.69) is 6.58 Å². The summed E-state index contributed by atoms with van der Waals surface area (Å²) in [7, 11) is 0. The lowest BCUT2D eigenvalue weighted by Gasteiger charge is -2.15. The van der Waals surface area contributed by atoms with Gasteiger partial charge in [-0.25, -0.2) is 0 Å². The third-order valence-electron chi connectivity index (χ3n) is 3.58. The van der Waals surface area contributed by atoms with Crippen LogP contribution >= 0.6 is 0 Å². The number of aliphatic hydroxyl groups is 3. The number of aliphatic hydroxyl groups excluding tert-OH is 3. The molecule has 4 atom stereocenters. The third kappa shape index (κ3) is 5.89. The van der Waals surface area contributed by atoms with Crippen molar-refractivity contribution in [2.45, 2.75) is 69.5 Å². The second-order valence-electron chi connectivity index (χ2n) is 5.28. The number of allylic oxidation sites excluding steroid dienone is 1. The molecule has 1 heterocycles. The molecule has 1 unspecified atom stereocenters. The second kappa shape index (κ2) is 10.3. The Labute approximate surface area is 121 Å². The molecule has 0 radical (unpaired) electrons. The molecule has 5 nitrogen and oxygen atoms in total. The summed E-state index contributed by atoms with van der Waals surface area (Å²) in [4.78, 5) is 0. The van der Waals surface area contributed by atoms with Crippen LogP contribution in [-0.4, -0.2) is 53.1 Å². The lowest BCUT2D eigenvalue weighted by Crippen LogP contribution is -2.34. The predicted molar refractivity (Wildman–Crippen MR) is 76.2 cm³/mol. The number of rotatable bonds is 11. The summed E-state index contributed by atoms with van der Waals surface area (Å²) in [5.41, 5.74) is 0. The van der Waals surface area contributed by atoms with E-state index in [4.69, 9.17) is 14.6 Å². The maximum atomic E-state index is 9.66. The molecule has 0 saturated carbocycles. The number of ether oxygens (including phenoxy) is 2. The van der Waals surface area contributed by atoms with E-state index >= 15 is 0 Å². The van der Waals surface area contributed by atoms with Crippen molar-refractivity contribution >= 4 is 0 Å².